The van der Waals surface area contributed by atoms with Gasteiger partial charge in [-0.05, 0) is 56.1 Å². The predicted octanol–water partition coefficient (Wildman–Crippen LogP) is 3.49. The molecule has 0 saturated carbocycles. The molecule has 0 aliphatic heterocycles. The lowest BCUT2D eigenvalue weighted by Crippen LogP contribution is -2.34. The summed E-state index contributed by atoms with van der Waals surface area (Å²) in [4.78, 5) is 14.3. The molecule has 23 heavy (non-hydrogen) atoms. The summed E-state index contributed by atoms with van der Waals surface area (Å²) in [5.74, 6) is 0.753. The third kappa shape index (κ3) is 4.81. The van der Waals surface area contributed by atoms with E-state index < -0.39 is 0 Å². The molecule has 2 aromatic rings. The number of likely N-dealkylation sites (N-methyl/N-ethyl adjacent to an activating group) is 1. The molecule has 0 radical (unpaired) electrons. The highest BCUT2D eigenvalue weighted by Crippen LogP contribution is 2.21. The highest BCUT2D eigenvalue weighted by molar-refractivity contribution is 9.10. The van der Waals surface area contributed by atoms with Crippen molar-refractivity contribution >= 4 is 21.8 Å². The molecule has 2 rings (SSSR count). The first-order valence-corrected chi connectivity index (χ1v) is 8.14. The molecular weight excluding hydrogens is 356 g/mol. The quantitative estimate of drug-likeness (QED) is 0.838. The lowest BCUT2D eigenvalue weighted by Gasteiger charge is -2.25. The minimum atomic E-state index is -0.0714. The number of nitrogens with zero attached hydrogens (tertiary/aromatic N) is 1. The fourth-order valence-electron chi connectivity index (χ4n) is 2.32. The second-order valence-electron chi connectivity index (χ2n) is 5.47. The zero-order valence-corrected chi connectivity index (χ0v) is 15.1. The van der Waals surface area contributed by atoms with E-state index >= 15 is 0 Å². The van der Waals surface area contributed by atoms with Crippen LogP contribution < -0.4 is 10.1 Å². The monoisotopic (exact) mass is 376 g/mol. The first-order chi connectivity index (χ1) is 11.0. The molecule has 0 bridgehead atoms. The number of methoxy groups -OCH3 is 1. The predicted molar refractivity (Wildman–Crippen MR) is 95.9 cm³/mol. The van der Waals surface area contributed by atoms with E-state index in [2.05, 4.69) is 26.1 Å². The fraction of sp³-hybridized carbons (Fsp3) is 0.278. The van der Waals surface area contributed by atoms with Gasteiger partial charge in [0.2, 0.25) is 0 Å². The third-order valence-corrected chi connectivity index (χ3v) is 4.21. The SMILES string of the molecule is COc1ccc([C@H](CNC(=O)c2ccc(Br)cc2)N(C)C)cc1. The van der Waals surface area contributed by atoms with E-state index in [-0.39, 0.29) is 11.9 Å². The number of carbonyl (C=O) groups excluding carboxylic acids is 1. The standard InChI is InChI=1S/C18H21BrN2O2/c1-21(2)17(13-6-10-16(23-3)11-7-13)12-20-18(22)14-4-8-15(19)9-5-14/h4-11,17H,12H2,1-3H3,(H,20,22)/t17-/m0/s1. The van der Waals surface area contributed by atoms with Crippen molar-refractivity contribution in [2.45, 2.75) is 6.04 Å². The normalized spacial score (nSPS) is 12.0. The van der Waals surface area contributed by atoms with Gasteiger partial charge in [-0.25, -0.2) is 0 Å². The van der Waals surface area contributed by atoms with Crippen LogP contribution in [0.1, 0.15) is 22.0 Å². The summed E-state index contributed by atoms with van der Waals surface area (Å²) in [5, 5.41) is 3.00. The van der Waals surface area contributed by atoms with Crippen LogP contribution in [0.2, 0.25) is 0 Å². The van der Waals surface area contributed by atoms with Crippen LogP contribution in [0.4, 0.5) is 0 Å². The minimum absolute atomic E-state index is 0.0714. The lowest BCUT2D eigenvalue weighted by atomic mass is 10.1. The summed E-state index contributed by atoms with van der Waals surface area (Å²) < 4.78 is 6.14. The second kappa shape index (κ2) is 8.13. The maximum absolute atomic E-state index is 12.2. The van der Waals surface area contributed by atoms with Gasteiger partial charge in [0.15, 0.2) is 0 Å². The Kier molecular flexibility index (Phi) is 6.19. The van der Waals surface area contributed by atoms with Crippen LogP contribution in [-0.4, -0.2) is 38.6 Å². The number of benzene rings is 2. The summed E-state index contributed by atoms with van der Waals surface area (Å²) in [6, 6.07) is 15.3. The van der Waals surface area contributed by atoms with Gasteiger partial charge in [0.1, 0.15) is 5.75 Å². The topological polar surface area (TPSA) is 41.6 Å². The average Bonchev–Trinajstić information content (AvgIpc) is 2.55. The van der Waals surface area contributed by atoms with Gasteiger partial charge >= 0.3 is 0 Å². The number of hydrogen-bond donors (Lipinski definition) is 1. The van der Waals surface area contributed by atoms with Gasteiger partial charge in [0, 0.05) is 16.6 Å². The van der Waals surface area contributed by atoms with Crippen LogP contribution in [0.5, 0.6) is 5.75 Å². The molecule has 0 heterocycles. The van der Waals surface area contributed by atoms with Crippen molar-refractivity contribution in [2.24, 2.45) is 0 Å². The van der Waals surface area contributed by atoms with Crippen molar-refractivity contribution in [2.75, 3.05) is 27.7 Å². The molecule has 0 saturated heterocycles. The largest absolute Gasteiger partial charge is 0.497 e. The van der Waals surface area contributed by atoms with E-state index in [1.165, 1.54) is 0 Å². The third-order valence-electron chi connectivity index (χ3n) is 3.69. The Morgan fingerprint density at radius 3 is 2.26 bits per heavy atom. The number of ether oxygens (including phenoxy) is 1. The maximum Gasteiger partial charge on any atom is 0.251 e. The van der Waals surface area contributed by atoms with Crippen LogP contribution >= 0.6 is 15.9 Å². The molecule has 4 nitrogen and oxygen atoms in total. The second-order valence-corrected chi connectivity index (χ2v) is 6.39. The van der Waals surface area contributed by atoms with Crippen molar-refractivity contribution in [3.63, 3.8) is 0 Å². The van der Waals surface area contributed by atoms with Crippen molar-refractivity contribution < 1.29 is 9.53 Å². The Hall–Kier alpha value is -1.85. The van der Waals surface area contributed by atoms with Crippen molar-refractivity contribution in [1.82, 2.24) is 10.2 Å². The Balaban J connectivity index is 2.04. The van der Waals surface area contributed by atoms with Gasteiger partial charge in [-0.1, -0.05) is 28.1 Å². The summed E-state index contributed by atoms with van der Waals surface area (Å²) >= 11 is 3.37. The van der Waals surface area contributed by atoms with Crippen LogP contribution in [-0.2, 0) is 0 Å². The molecule has 0 aromatic heterocycles. The van der Waals surface area contributed by atoms with Crippen molar-refractivity contribution in [3.05, 3.63) is 64.1 Å². The minimum Gasteiger partial charge on any atom is -0.497 e. The van der Waals surface area contributed by atoms with Gasteiger partial charge in [-0.15, -0.1) is 0 Å². The summed E-state index contributed by atoms with van der Waals surface area (Å²) in [6.45, 7) is 0.536. The molecule has 122 valence electrons. The molecule has 1 N–H and O–H groups in total. The van der Waals surface area contributed by atoms with E-state index in [1.54, 1.807) is 19.2 Å². The fourth-order valence-corrected chi connectivity index (χ4v) is 2.58. The summed E-state index contributed by atoms with van der Waals surface area (Å²) in [5.41, 5.74) is 1.78. The highest BCUT2D eigenvalue weighted by Gasteiger charge is 2.16. The van der Waals surface area contributed by atoms with E-state index in [9.17, 15) is 4.79 Å². The van der Waals surface area contributed by atoms with Gasteiger partial charge in [-0.3, -0.25) is 4.79 Å². The smallest absolute Gasteiger partial charge is 0.251 e. The van der Waals surface area contributed by atoms with Gasteiger partial charge in [0.25, 0.3) is 5.91 Å². The summed E-state index contributed by atoms with van der Waals surface area (Å²) in [7, 11) is 5.65. The highest BCUT2D eigenvalue weighted by atomic mass is 79.9. The van der Waals surface area contributed by atoms with Gasteiger partial charge < -0.3 is 15.0 Å². The van der Waals surface area contributed by atoms with Crippen LogP contribution in [0.3, 0.4) is 0 Å². The number of nitrogens with one attached hydrogen (secondary N) is 1. The number of hydrogen-bond acceptors (Lipinski definition) is 3. The first-order valence-electron chi connectivity index (χ1n) is 7.35. The van der Waals surface area contributed by atoms with Gasteiger partial charge in [0.05, 0.1) is 13.2 Å². The molecule has 0 aliphatic rings. The molecular formula is C18H21BrN2O2. The zero-order valence-electron chi connectivity index (χ0n) is 13.5. The Labute approximate surface area is 145 Å². The number of halogens is 1. The molecule has 0 unspecified atom stereocenters. The maximum atomic E-state index is 12.2. The van der Waals surface area contributed by atoms with Crippen LogP contribution in [0, 0.1) is 0 Å². The average molecular weight is 377 g/mol. The Morgan fingerprint density at radius 2 is 1.74 bits per heavy atom. The zero-order chi connectivity index (χ0) is 16.8. The van der Waals surface area contributed by atoms with E-state index in [4.69, 9.17) is 4.74 Å². The summed E-state index contributed by atoms with van der Waals surface area (Å²) in [6.07, 6.45) is 0. The first kappa shape index (κ1) is 17.5. The molecule has 5 heteroatoms. The molecule has 2 aromatic carbocycles. The van der Waals surface area contributed by atoms with E-state index in [0.29, 0.717) is 12.1 Å². The lowest BCUT2D eigenvalue weighted by molar-refractivity contribution is 0.0942. The Bertz CT molecular complexity index is 639. The van der Waals surface area contributed by atoms with Crippen LogP contribution in [0.15, 0.2) is 53.0 Å². The van der Waals surface area contributed by atoms with Crippen LogP contribution in [0.25, 0.3) is 0 Å². The van der Waals surface area contributed by atoms with Gasteiger partial charge in [-0.2, -0.15) is 0 Å². The molecule has 0 fully saturated rings. The number of amides is 1. The Morgan fingerprint density at radius 1 is 1.13 bits per heavy atom. The number of rotatable bonds is 6. The van der Waals surface area contributed by atoms with Crippen molar-refractivity contribution in [1.29, 1.82) is 0 Å². The molecule has 0 aliphatic carbocycles. The molecule has 0 spiro atoms. The molecule has 1 amide bonds. The number of carbonyl (C=O) groups is 1. The van der Waals surface area contributed by atoms with Crippen molar-refractivity contribution in [3.8, 4) is 5.75 Å². The van der Waals surface area contributed by atoms with E-state index in [0.717, 1.165) is 15.8 Å². The van der Waals surface area contributed by atoms with E-state index in [1.807, 2.05) is 50.5 Å². The molecule has 1 atom stereocenters.